The minimum absolute atomic E-state index is 0.0283. The fraction of sp³-hybridized carbons (Fsp3) is 0.433. The van der Waals surface area contributed by atoms with E-state index >= 15 is 0 Å². The SMILES string of the molecule is COC(=O)c1cnc2c(n1)N(C[C@@H]1CCO[C@H]1COCc1ccccc1)CCCCc1cc(Cl)ccc1CO2. The molecule has 3 heterocycles. The van der Waals surface area contributed by atoms with Gasteiger partial charge < -0.3 is 23.8 Å². The number of esters is 1. The molecule has 0 unspecified atom stereocenters. The number of aromatic nitrogens is 2. The van der Waals surface area contributed by atoms with Gasteiger partial charge in [-0.2, -0.15) is 0 Å². The smallest absolute Gasteiger partial charge is 0.358 e. The van der Waals surface area contributed by atoms with Gasteiger partial charge in [-0.15, -0.1) is 0 Å². The summed E-state index contributed by atoms with van der Waals surface area (Å²) in [4.78, 5) is 23.7. The van der Waals surface area contributed by atoms with Crippen LogP contribution in [0.4, 0.5) is 5.82 Å². The predicted octanol–water partition coefficient (Wildman–Crippen LogP) is 5.26. The molecule has 0 aliphatic carbocycles. The molecule has 2 atom stereocenters. The Labute approximate surface area is 234 Å². The average Bonchev–Trinajstić information content (AvgIpc) is 3.39. The third-order valence-corrected chi connectivity index (χ3v) is 7.50. The fourth-order valence-electron chi connectivity index (χ4n) is 5.13. The summed E-state index contributed by atoms with van der Waals surface area (Å²) in [6.45, 7) is 3.51. The van der Waals surface area contributed by atoms with Gasteiger partial charge in [-0.25, -0.2) is 14.8 Å². The van der Waals surface area contributed by atoms with Crippen molar-refractivity contribution < 1.29 is 23.7 Å². The zero-order chi connectivity index (χ0) is 27.0. The average molecular weight is 552 g/mol. The maximum absolute atomic E-state index is 12.3. The van der Waals surface area contributed by atoms with Crippen molar-refractivity contribution in [2.24, 2.45) is 5.92 Å². The Morgan fingerprint density at radius 2 is 2.03 bits per heavy atom. The van der Waals surface area contributed by atoms with E-state index in [1.54, 1.807) is 0 Å². The summed E-state index contributed by atoms with van der Waals surface area (Å²) in [7, 11) is 1.34. The Bertz CT molecular complexity index is 1260. The minimum atomic E-state index is -0.532. The number of halogens is 1. The van der Waals surface area contributed by atoms with E-state index in [1.165, 1.54) is 18.9 Å². The van der Waals surface area contributed by atoms with E-state index in [9.17, 15) is 4.79 Å². The zero-order valence-electron chi connectivity index (χ0n) is 22.2. The van der Waals surface area contributed by atoms with Crippen LogP contribution in [-0.2, 0) is 33.8 Å². The third-order valence-electron chi connectivity index (χ3n) is 7.27. The molecule has 8 nitrogen and oxygen atoms in total. The third kappa shape index (κ3) is 7.06. The van der Waals surface area contributed by atoms with Gasteiger partial charge in [-0.1, -0.05) is 48.0 Å². The minimum Gasteiger partial charge on any atom is -0.470 e. The fourth-order valence-corrected chi connectivity index (χ4v) is 5.33. The second-order valence-corrected chi connectivity index (χ2v) is 10.4. The van der Waals surface area contributed by atoms with Crippen molar-refractivity contribution in [3.8, 4) is 5.88 Å². The summed E-state index contributed by atoms with van der Waals surface area (Å²) >= 11 is 6.28. The molecule has 1 saturated heterocycles. The Morgan fingerprint density at radius 1 is 1.15 bits per heavy atom. The second kappa shape index (κ2) is 13.2. The number of methoxy groups -OCH3 is 1. The monoisotopic (exact) mass is 551 g/mol. The van der Waals surface area contributed by atoms with Crippen LogP contribution in [0, 0.1) is 5.92 Å². The molecule has 1 aromatic heterocycles. The van der Waals surface area contributed by atoms with Gasteiger partial charge in [0.15, 0.2) is 11.5 Å². The molecule has 39 heavy (non-hydrogen) atoms. The maximum atomic E-state index is 12.3. The Balaban J connectivity index is 1.36. The quantitative estimate of drug-likeness (QED) is 0.368. The molecule has 2 aromatic carbocycles. The Morgan fingerprint density at radius 3 is 2.87 bits per heavy atom. The number of benzene rings is 2. The van der Waals surface area contributed by atoms with Crippen molar-refractivity contribution in [1.29, 1.82) is 0 Å². The number of rotatable bonds is 7. The van der Waals surface area contributed by atoms with E-state index in [0.29, 0.717) is 44.7 Å². The molecule has 1 fully saturated rings. The largest absolute Gasteiger partial charge is 0.470 e. The molecule has 0 amide bonds. The lowest BCUT2D eigenvalue weighted by atomic mass is 10.0. The number of fused-ring (bicyclic) bond motifs is 2. The van der Waals surface area contributed by atoms with Gasteiger partial charge in [-0.3, -0.25) is 0 Å². The van der Waals surface area contributed by atoms with Crippen molar-refractivity contribution in [2.45, 2.75) is 45.0 Å². The van der Waals surface area contributed by atoms with E-state index in [0.717, 1.165) is 48.4 Å². The van der Waals surface area contributed by atoms with Crippen molar-refractivity contribution >= 4 is 23.4 Å². The normalized spacial score (nSPS) is 19.4. The molecule has 0 radical (unpaired) electrons. The van der Waals surface area contributed by atoms with Crippen molar-refractivity contribution in [2.75, 3.05) is 38.3 Å². The molecule has 2 aliphatic heterocycles. The Hall–Kier alpha value is -3.20. The summed E-state index contributed by atoms with van der Waals surface area (Å²) in [6, 6.07) is 16.0. The highest BCUT2D eigenvalue weighted by Gasteiger charge is 2.32. The van der Waals surface area contributed by atoms with E-state index in [4.69, 9.17) is 30.5 Å². The first-order chi connectivity index (χ1) is 19.1. The summed E-state index contributed by atoms with van der Waals surface area (Å²) < 4.78 is 23.3. The molecule has 0 spiro atoms. The van der Waals surface area contributed by atoms with Gasteiger partial charge >= 0.3 is 5.97 Å². The zero-order valence-corrected chi connectivity index (χ0v) is 22.9. The summed E-state index contributed by atoms with van der Waals surface area (Å²) in [5.41, 5.74) is 3.53. The van der Waals surface area contributed by atoms with Gasteiger partial charge in [0.2, 0.25) is 0 Å². The Kier molecular flexibility index (Phi) is 9.29. The molecule has 3 aromatic rings. The van der Waals surface area contributed by atoms with Crippen LogP contribution < -0.4 is 9.64 Å². The van der Waals surface area contributed by atoms with E-state index in [1.807, 2.05) is 36.4 Å². The number of aryl methyl sites for hydroxylation is 1. The summed E-state index contributed by atoms with van der Waals surface area (Å²) in [6.07, 6.45) is 5.11. The van der Waals surface area contributed by atoms with Crippen molar-refractivity contribution in [3.63, 3.8) is 0 Å². The standard InChI is InChI=1S/C30H34ClN3O5/c1-36-30(35)26-16-32-29-28(33-26)34(13-6-5-9-22-15-25(31)11-10-24(22)19-39-29)17-23-12-14-38-27(23)20-37-18-21-7-3-2-4-8-21/h2-4,7-8,10-11,15-16,23,27H,5-6,9,12-14,17-20H2,1H3/t23-,27-/m0/s1. The van der Waals surface area contributed by atoms with Crippen LogP contribution in [-0.4, -0.2) is 55.5 Å². The van der Waals surface area contributed by atoms with Crippen LogP contribution in [0.1, 0.15) is 46.4 Å². The highest BCUT2D eigenvalue weighted by molar-refractivity contribution is 6.30. The summed E-state index contributed by atoms with van der Waals surface area (Å²) in [5, 5.41) is 0.718. The molecule has 206 valence electrons. The van der Waals surface area contributed by atoms with Crippen LogP contribution >= 0.6 is 11.6 Å². The highest BCUT2D eigenvalue weighted by atomic mass is 35.5. The molecule has 0 saturated carbocycles. The maximum Gasteiger partial charge on any atom is 0.358 e. The number of hydrogen-bond acceptors (Lipinski definition) is 8. The topological polar surface area (TPSA) is 83.0 Å². The lowest BCUT2D eigenvalue weighted by molar-refractivity contribution is -0.00345. The molecule has 2 aliphatic rings. The number of ether oxygens (including phenoxy) is 4. The molecule has 9 heteroatoms. The molecular formula is C30H34ClN3O5. The lowest BCUT2D eigenvalue weighted by Gasteiger charge is -2.29. The van der Waals surface area contributed by atoms with Crippen LogP contribution in [0.15, 0.2) is 54.7 Å². The van der Waals surface area contributed by atoms with Gasteiger partial charge in [0.05, 0.1) is 32.6 Å². The highest BCUT2D eigenvalue weighted by Crippen LogP contribution is 2.31. The number of hydrogen-bond donors (Lipinski definition) is 0. The molecule has 0 bridgehead atoms. The van der Waals surface area contributed by atoms with E-state index < -0.39 is 5.97 Å². The first kappa shape index (κ1) is 27.4. The molecule has 0 N–H and O–H groups in total. The van der Waals surface area contributed by atoms with E-state index in [-0.39, 0.29) is 17.7 Å². The van der Waals surface area contributed by atoms with Crippen molar-refractivity contribution in [3.05, 3.63) is 82.1 Å². The van der Waals surface area contributed by atoms with Crippen molar-refractivity contribution in [1.82, 2.24) is 9.97 Å². The number of carbonyl (C=O) groups is 1. The first-order valence-corrected chi connectivity index (χ1v) is 13.8. The van der Waals surface area contributed by atoms with Crippen LogP contribution in [0.5, 0.6) is 5.88 Å². The van der Waals surface area contributed by atoms with Crippen LogP contribution in [0.25, 0.3) is 0 Å². The number of anilines is 1. The number of nitrogens with zero attached hydrogens (tertiary/aromatic N) is 3. The van der Waals surface area contributed by atoms with Gasteiger partial charge in [-0.05, 0) is 54.5 Å². The second-order valence-electron chi connectivity index (χ2n) is 9.94. The number of carbonyl (C=O) groups excluding carboxylic acids is 1. The lowest BCUT2D eigenvalue weighted by Crippen LogP contribution is -2.37. The van der Waals surface area contributed by atoms with E-state index in [2.05, 4.69) is 27.0 Å². The van der Waals surface area contributed by atoms with Gasteiger partial charge in [0, 0.05) is 30.6 Å². The van der Waals surface area contributed by atoms with Crippen LogP contribution in [0.2, 0.25) is 5.02 Å². The first-order valence-electron chi connectivity index (χ1n) is 13.4. The molecule has 5 rings (SSSR count). The predicted molar refractivity (Wildman–Crippen MR) is 148 cm³/mol. The molecular weight excluding hydrogens is 518 g/mol. The van der Waals surface area contributed by atoms with Gasteiger partial charge in [0.25, 0.3) is 5.88 Å². The van der Waals surface area contributed by atoms with Crippen LogP contribution in [0.3, 0.4) is 0 Å². The summed E-state index contributed by atoms with van der Waals surface area (Å²) in [5.74, 6) is 0.640. The van der Waals surface area contributed by atoms with Gasteiger partial charge in [0.1, 0.15) is 6.61 Å².